The Balaban J connectivity index is 2.54. The van der Waals surface area contributed by atoms with Gasteiger partial charge in [0.2, 0.25) is 5.78 Å². The highest BCUT2D eigenvalue weighted by atomic mass is 16.2. The van der Waals surface area contributed by atoms with Crippen LogP contribution in [0.2, 0.25) is 0 Å². The average molecular weight is 279 g/mol. The molecule has 0 aromatic carbocycles. The molecule has 0 radical (unpaired) electrons. The van der Waals surface area contributed by atoms with E-state index in [1.807, 2.05) is 0 Å². The minimum absolute atomic E-state index is 0.0166. The summed E-state index contributed by atoms with van der Waals surface area (Å²) in [5.41, 5.74) is -0.640. The summed E-state index contributed by atoms with van der Waals surface area (Å²) in [7, 11) is 0. The van der Waals surface area contributed by atoms with Crippen LogP contribution in [0.3, 0.4) is 0 Å². The summed E-state index contributed by atoms with van der Waals surface area (Å²) >= 11 is 0. The van der Waals surface area contributed by atoms with E-state index in [1.54, 1.807) is 19.9 Å². The number of carbonyl (C=O) groups is 3. The van der Waals surface area contributed by atoms with Gasteiger partial charge < -0.3 is 0 Å². The highest BCUT2D eigenvalue weighted by Crippen LogP contribution is 2.25. The molecule has 0 bridgehead atoms. The molecule has 0 aromatic heterocycles. The molecule has 4 heteroatoms. The van der Waals surface area contributed by atoms with Crippen molar-refractivity contribution in [1.82, 2.24) is 4.90 Å². The van der Waals surface area contributed by atoms with E-state index in [1.165, 1.54) is 0 Å². The van der Waals surface area contributed by atoms with Gasteiger partial charge in [-0.15, -0.1) is 6.58 Å². The van der Waals surface area contributed by atoms with Crippen LogP contribution in [0.1, 0.15) is 46.0 Å². The lowest BCUT2D eigenvalue weighted by atomic mass is 9.85. The molecule has 1 aliphatic heterocycles. The number of allylic oxidation sites excluding steroid dienone is 1. The topological polar surface area (TPSA) is 54.5 Å². The summed E-state index contributed by atoms with van der Waals surface area (Å²) in [6, 6.07) is -0.0166. The van der Waals surface area contributed by atoms with Gasteiger partial charge in [0.15, 0.2) is 6.29 Å². The lowest BCUT2D eigenvalue weighted by molar-refractivity contribution is -0.136. The molecule has 1 unspecified atom stereocenters. The minimum Gasteiger partial charge on any atom is -0.298 e. The van der Waals surface area contributed by atoms with Crippen LogP contribution in [0.15, 0.2) is 12.7 Å². The van der Waals surface area contributed by atoms with Gasteiger partial charge in [0, 0.05) is 11.8 Å². The van der Waals surface area contributed by atoms with Gasteiger partial charge in [-0.05, 0) is 38.8 Å². The Kier molecular flexibility index (Phi) is 6.27. The van der Waals surface area contributed by atoms with Crippen molar-refractivity contribution in [3.05, 3.63) is 12.7 Å². The number of carbonyl (C=O) groups excluding carboxylic acids is 3. The monoisotopic (exact) mass is 279 g/mol. The first-order valence-corrected chi connectivity index (χ1v) is 7.29. The van der Waals surface area contributed by atoms with E-state index in [-0.39, 0.29) is 17.6 Å². The molecule has 1 fully saturated rings. The van der Waals surface area contributed by atoms with Crippen molar-refractivity contribution in [2.24, 2.45) is 5.41 Å². The van der Waals surface area contributed by atoms with Crippen LogP contribution >= 0.6 is 0 Å². The van der Waals surface area contributed by atoms with Gasteiger partial charge >= 0.3 is 0 Å². The fourth-order valence-electron chi connectivity index (χ4n) is 2.58. The number of aldehydes is 1. The summed E-state index contributed by atoms with van der Waals surface area (Å²) < 4.78 is 0. The van der Waals surface area contributed by atoms with Crippen LogP contribution in [-0.2, 0) is 14.4 Å². The van der Waals surface area contributed by atoms with Crippen molar-refractivity contribution < 1.29 is 14.4 Å². The molecule has 4 nitrogen and oxygen atoms in total. The molecule has 0 N–H and O–H groups in total. The van der Waals surface area contributed by atoms with E-state index in [2.05, 4.69) is 11.5 Å². The van der Waals surface area contributed by atoms with E-state index in [0.717, 1.165) is 25.8 Å². The van der Waals surface area contributed by atoms with Crippen molar-refractivity contribution in [3.63, 3.8) is 0 Å². The Morgan fingerprint density at radius 1 is 1.40 bits per heavy atom. The summed E-state index contributed by atoms with van der Waals surface area (Å²) in [6.07, 6.45) is 5.96. The highest BCUT2D eigenvalue weighted by Gasteiger charge is 2.33. The first kappa shape index (κ1) is 16.8. The maximum atomic E-state index is 12.1. The average Bonchev–Trinajstić information content (AvgIpc) is 2.90. The first-order chi connectivity index (χ1) is 9.42. The molecule has 1 heterocycles. The molecule has 0 amide bonds. The van der Waals surface area contributed by atoms with Gasteiger partial charge in [0.05, 0.1) is 6.04 Å². The minimum atomic E-state index is -0.640. The maximum Gasteiger partial charge on any atom is 0.200 e. The zero-order valence-electron chi connectivity index (χ0n) is 12.6. The Morgan fingerprint density at radius 3 is 2.70 bits per heavy atom. The molecule has 112 valence electrons. The van der Waals surface area contributed by atoms with Gasteiger partial charge in [-0.25, -0.2) is 0 Å². The third-order valence-corrected chi connectivity index (χ3v) is 4.13. The standard InChI is InChI=1S/C16H25NO3/c1-4-5-8-14(19)13-7-6-10-17(13)11-9-16(2,3)15(20)12-18/h4,12-13H,1,5-11H2,2-3H3. The van der Waals surface area contributed by atoms with Gasteiger partial charge in [-0.2, -0.15) is 0 Å². The normalized spacial score (nSPS) is 19.8. The number of Topliss-reactive ketones (excluding diaryl/α,β-unsaturated/α-hetero) is 2. The second-order valence-electron chi connectivity index (χ2n) is 6.10. The second-order valence-corrected chi connectivity index (χ2v) is 6.10. The van der Waals surface area contributed by atoms with Crippen molar-refractivity contribution in [1.29, 1.82) is 0 Å². The number of ketones is 2. The molecule has 1 atom stereocenters. The molecule has 0 saturated carbocycles. The molecule has 1 saturated heterocycles. The summed E-state index contributed by atoms with van der Waals surface area (Å²) in [6.45, 7) is 8.80. The number of nitrogens with zero attached hydrogens (tertiary/aromatic N) is 1. The molecule has 0 aromatic rings. The highest BCUT2D eigenvalue weighted by molar-refractivity contribution is 6.27. The first-order valence-electron chi connectivity index (χ1n) is 7.29. The van der Waals surface area contributed by atoms with Crippen LogP contribution in [0.4, 0.5) is 0 Å². The van der Waals surface area contributed by atoms with E-state index < -0.39 is 5.41 Å². The predicted molar refractivity (Wildman–Crippen MR) is 78.5 cm³/mol. The number of likely N-dealkylation sites (tertiary alicyclic amines) is 1. The fourth-order valence-corrected chi connectivity index (χ4v) is 2.58. The molecule has 1 rings (SSSR count). The molecular formula is C16H25NO3. The third-order valence-electron chi connectivity index (χ3n) is 4.13. The van der Waals surface area contributed by atoms with Crippen molar-refractivity contribution in [3.8, 4) is 0 Å². The van der Waals surface area contributed by atoms with Gasteiger partial charge in [0.1, 0.15) is 5.78 Å². The molecule has 0 spiro atoms. The maximum absolute atomic E-state index is 12.1. The van der Waals surface area contributed by atoms with Crippen LogP contribution in [0, 0.1) is 5.41 Å². The molecule has 20 heavy (non-hydrogen) atoms. The smallest absolute Gasteiger partial charge is 0.200 e. The Morgan fingerprint density at radius 2 is 2.10 bits per heavy atom. The zero-order valence-corrected chi connectivity index (χ0v) is 12.6. The number of rotatable bonds is 9. The second kappa shape index (κ2) is 7.48. The Labute approximate surface area is 121 Å². The molecular weight excluding hydrogens is 254 g/mol. The van der Waals surface area contributed by atoms with Crippen molar-refractivity contribution in [2.75, 3.05) is 13.1 Å². The Bertz CT molecular complexity index is 387. The third kappa shape index (κ3) is 4.37. The van der Waals surface area contributed by atoms with Crippen LogP contribution < -0.4 is 0 Å². The summed E-state index contributed by atoms with van der Waals surface area (Å²) in [4.78, 5) is 36.4. The lowest BCUT2D eigenvalue weighted by Crippen LogP contribution is -2.39. The molecule has 1 aliphatic rings. The largest absolute Gasteiger partial charge is 0.298 e. The van der Waals surface area contributed by atoms with E-state index in [0.29, 0.717) is 25.7 Å². The van der Waals surface area contributed by atoms with E-state index in [9.17, 15) is 14.4 Å². The van der Waals surface area contributed by atoms with Crippen LogP contribution in [-0.4, -0.2) is 41.9 Å². The van der Waals surface area contributed by atoms with Gasteiger partial charge in [-0.3, -0.25) is 19.3 Å². The molecule has 0 aliphatic carbocycles. The van der Waals surface area contributed by atoms with Crippen molar-refractivity contribution >= 4 is 17.9 Å². The summed E-state index contributed by atoms with van der Waals surface area (Å²) in [5, 5.41) is 0. The predicted octanol–water partition coefficient (Wildman–Crippen LogP) is 2.17. The summed E-state index contributed by atoms with van der Waals surface area (Å²) in [5.74, 6) is -0.104. The quantitative estimate of drug-likeness (QED) is 0.369. The number of hydrogen-bond acceptors (Lipinski definition) is 4. The van der Waals surface area contributed by atoms with Gasteiger partial charge in [-0.1, -0.05) is 19.9 Å². The Hall–Kier alpha value is -1.29. The zero-order chi connectivity index (χ0) is 15.2. The lowest BCUT2D eigenvalue weighted by Gasteiger charge is -2.27. The van der Waals surface area contributed by atoms with E-state index in [4.69, 9.17) is 0 Å². The fraction of sp³-hybridized carbons (Fsp3) is 0.688. The van der Waals surface area contributed by atoms with Crippen molar-refractivity contribution in [2.45, 2.75) is 52.0 Å². The van der Waals surface area contributed by atoms with Crippen LogP contribution in [0.25, 0.3) is 0 Å². The number of hydrogen-bond donors (Lipinski definition) is 0. The van der Waals surface area contributed by atoms with Crippen LogP contribution in [0.5, 0.6) is 0 Å². The SMILES string of the molecule is C=CCCC(=O)C1CCCN1CCC(C)(C)C(=O)C=O. The van der Waals surface area contributed by atoms with E-state index >= 15 is 0 Å². The van der Waals surface area contributed by atoms with Gasteiger partial charge in [0.25, 0.3) is 0 Å².